The van der Waals surface area contributed by atoms with Gasteiger partial charge in [-0.25, -0.2) is 0 Å². The molecule has 0 saturated heterocycles. The summed E-state index contributed by atoms with van der Waals surface area (Å²) in [4.78, 5) is 16.8. The van der Waals surface area contributed by atoms with E-state index in [-0.39, 0.29) is 17.9 Å². The molecule has 1 fully saturated rings. The summed E-state index contributed by atoms with van der Waals surface area (Å²) in [6, 6.07) is 0.0372. The lowest BCUT2D eigenvalue weighted by atomic mass is 9.84. The largest absolute Gasteiger partial charge is 0.383 e. The standard InChI is InChI=1S/C15H31N3O2/c1-17(2)9-6-10-18(11-12-20-3)15(19)13-7-4-5-8-14(13)16/h13-14H,4-12,16H2,1-3H3. The first kappa shape index (κ1) is 17.4. The molecule has 2 N–H and O–H groups in total. The first-order chi connectivity index (χ1) is 9.56. The smallest absolute Gasteiger partial charge is 0.227 e. The van der Waals surface area contributed by atoms with Crippen molar-refractivity contribution in [3.8, 4) is 0 Å². The zero-order valence-corrected chi connectivity index (χ0v) is 13.3. The van der Waals surface area contributed by atoms with Gasteiger partial charge >= 0.3 is 0 Å². The third-order valence-corrected chi connectivity index (χ3v) is 4.05. The highest BCUT2D eigenvalue weighted by atomic mass is 16.5. The third kappa shape index (κ3) is 5.77. The van der Waals surface area contributed by atoms with Crippen LogP contribution in [0.4, 0.5) is 0 Å². The second kappa shape index (κ2) is 9.32. The Kier molecular flexibility index (Phi) is 8.11. The molecule has 5 nitrogen and oxygen atoms in total. The quantitative estimate of drug-likeness (QED) is 0.721. The summed E-state index contributed by atoms with van der Waals surface area (Å²) in [6.07, 6.45) is 5.19. The van der Waals surface area contributed by atoms with Crippen molar-refractivity contribution in [2.45, 2.75) is 38.1 Å². The van der Waals surface area contributed by atoms with E-state index in [9.17, 15) is 4.79 Å². The lowest BCUT2D eigenvalue weighted by Gasteiger charge is -2.33. The number of nitrogens with zero attached hydrogens (tertiary/aromatic N) is 2. The Morgan fingerprint density at radius 2 is 1.90 bits per heavy atom. The van der Waals surface area contributed by atoms with Gasteiger partial charge in [-0.3, -0.25) is 4.79 Å². The molecule has 0 aliphatic heterocycles. The minimum Gasteiger partial charge on any atom is -0.383 e. The Hall–Kier alpha value is -0.650. The summed E-state index contributed by atoms with van der Waals surface area (Å²) in [7, 11) is 5.78. The number of carbonyl (C=O) groups excluding carboxylic acids is 1. The number of hydrogen-bond donors (Lipinski definition) is 1. The van der Waals surface area contributed by atoms with Gasteiger partial charge in [0, 0.05) is 26.2 Å². The molecule has 2 atom stereocenters. The van der Waals surface area contributed by atoms with Crippen LogP contribution in [-0.4, -0.2) is 69.2 Å². The second-order valence-corrected chi connectivity index (χ2v) is 6.03. The maximum Gasteiger partial charge on any atom is 0.227 e. The van der Waals surface area contributed by atoms with E-state index >= 15 is 0 Å². The highest BCUT2D eigenvalue weighted by Crippen LogP contribution is 2.24. The Balaban J connectivity index is 2.53. The highest BCUT2D eigenvalue weighted by molar-refractivity contribution is 5.79. The summed E-state index contributed by atoms with van der Waals surface area (Å²) in [5.74, 6) is 0.243. The lowest BCUT2D eigenvalue weighted by Crippen LogP contribution is -2.47. The Labute approximate surface area is 123 Å². The van der Waals surface area contributed by atoms with Crippen molar-refractivity contribution in [1.29, 1.82) is 0 Å². The molecule has 1 saturated carbocycles. The van der Waals surface area contributed by atoms with Crippen LogP contribution >= 0.6 is 0 Å². The molecule has 5 heteroatoms. The summed E-state index contributed by atoms with van der Waals surface area (Å²) in [6.45, 7) is 3.05. The van der Waals surface area contributed by atoms with Gasteiger partial charge in [-0.2, -0.15) is 0 Å². The zero-order valence-electron chi connectivity index (χ0n) is 13.3. The van der Waals surface area contributed by atoms with Crippen LogP contribution in [0.15, 0.2) is 0 Å². The van der Waals surface area contributed by atoms with Crippen molar-refractivity contribution in [2.75, 3.05) is 47.4 Å². The van der Waals surface area contributed by atoms with E-state index in [1.807, 2.05) is 4.90 Å². The molecule has 20 heavy (non-hydrogen) atoms. The number of rotatable bonds is 8. The molecule has 1 amide bonds. The topological polar surface area (TPSA) is 58.8 Å². The minimum atomic E-state index is 0.0139. The number of amides is 1. The van der Waals surface area contributed by atoms with E-state index in [4.69, 9.17) is 10.5 Å². The van der Waals surface area contributed by atoms with Crippen molar-refractivity contribution in [3.63, 3.8) is 0 Å². The molecule has 1 rings (SSSR count). The van der Waals surface area contributed by atoms with Crippen molar-refractivity contribution >= 4 is 5.91 Å². The minimum absolute atomic E-state index is 0.0139. The van der Waals surface area contributed by atoms with Crippen molar-refractivity contribution < 1.29 is 9.53 Å². The Morgan fingerprint density at radius 1 is 1.20 bits per heavy atom. The molecule has 1 aliphatic rings. The van der Waals surface area contributed by atoms with Gasteiger partial charge in [-0.05, 0) is 39.9 Å². The lowest BCUT2D eigenvalue weighted by molar-refractivity contribution is -0.137. The van der Waals surface area contributed by atoms with Gasteiger partial charge in [0.25, 0.3) is 0 Å². The number of nitrogens with two attached hydrogens (primary N) is 1. The molecule has 2 unspecified atom stereocenters. The van der Waals surface area contributed by atoms with Gasteiger partial charge in [0.1, 0.15) is 0 Å². The Bertz CT molecular complexity index is 284. The van der Waals surface area contributed by atoms with E-state index in [1.54, 1.807) is 7.11 Å². The number of hydrogen-bond acceptors (Lipinski definition) is 4. The zero-order chi connectivity index (χ0) is 15.0. The molecule has 1 aliphatic carbocycles. The molecule has 0 aromatic heterocycles. The van der Waals surface area contributed by atoms with Crippen LogP contribution in [0, 0.1) is 5.92 Å². The predicted molar refractivity (Wildman–Crippen MR) is 81.6 cm³/mol. The fourth-order valence-electron chi connectivity index (χ4n) is 2.81. The number of ether oxygens (including phenoxy) is 1. The van der Waals surface area contributed by atoms with E-state index in [0.29, 0.717) is 13.2 Å². The molecule has 0 spiro atoms. The van der Waals surface area contributed by atoms with Crippen LogP contribution in [0.3, 0.4) is 0 Å². The summed E-state index contributed by atoms with van der Waals surface area (Å²) < 4.78 is 5.13. The number of carbonyl (C=O) groups is 1. The third-order valence-electron chi connectivity index (χ3n) is 4.05. The Morgan fingerprint density at radius 3 is 2.50 bits per heavy atom. The number of methoxy groups -OCH3 is 1. The fraction of sp³-hybridized carbons (Fsp3) is 0.933. The highest BCUT2D eigenvalue weighted by Gasteiger charge is 2.31. The summed E-state index contributed by atoms with van der Waals surface area (Å²) >= 11 is 0. The van der Waals surface area contributed by atoms with Gasteiger partial charge in [0.05, 0.1) is 12.5 Å². The van der Waals surface area contributed by atoms with Crippen LogP contribution in [0.5, 0.6) is 0 Å². The van der Waals surface area contributed by atoms with E-state index in [0.717, 1.165) is 45.2 Å². The van der Waals surface area contributed by atoms with Crippen molar-refractivity contribution in [3.05, 3.63) is 0 Å². The average molecular weight is 285 g/mol. The summed E-state index contributed by atoms with van der Waals surface area (Å²) in [5, 5.41) is 0. The predicted octanol–water partition coefficient (Wildman–Crippen LogP) is 0.931. The molecule has 0 aromatic rings. The van der Waals surface area contributed by atoms with E-state index < -0.39 is 0 Å². The first-order valence-electron chi connectivity index (χ1n) is 7.74. The van der Waals surface area contributed by atoms with Crippen LogP contribution in [0.1, 0.15) is 32.1 Å². The molecule has 0 heterocycles. The van der Waals surface area contributed by atoms with Gasteiger partial charge in [-0.1, -0.05) is 12.8 Å². The molecular weight excluding hydrogens is 254 g/mol. The van der Waals surface area contributed by atoms with Crippen LogP contribution in [0.25, 0.3) is 0 Å². The fourth-order valence-corrected chi connectivity index (χ4v) is 2.81. The maximum atomic E-state index is 12.7. The molecule has 0 bridgehead atoms. The maximum absolute atomic E-state index is 12.7. The van der Waals surface area contributed by atoms with E-state index in [1.165, 1.54) is 0 Å². The van der Waals surface area contributed by atoms with Crippen molar-refractivity contribution in [1.82, 2.24) is 9.80 Å². The monoisotopic (exact) mass is 285 g/mol. The molecule has 118 valence electrons. The van der Waals surface area contributed by atoms with Crippen molar-refractivity contribution in [2.24, 2.45) is 11.7 Å². The molecule has 0 radical (unpaired) electrons. The normalized spacial score (nSPS) is 23.1. The van der Waals surface area contributed by atoms with Gasteiger partial charge < -0.3 is 20.3 Å². The average Bonchev–Trinajstić information content (AvgIpc) is 2.42. The van der Waals surface area contributed by atoms with Crippen LogP contribution in [-0.2, 0) is 9.53 Å². The van der Waals surface area contributed by atoms with Crippen LogP contribution < -0.4 is 5.73 Å². The van der Waals surface area contributed by atoms with E-state index in [2.05, 4.69) is 19.0 Å². The second-order valence-electron chi connectivity index (χ2n) is 6.03. The van der Waals surface area contributed by atoms with Gasteiger partial charge in [0.15, 0.2) is 0 Å². The SMILES string of the molecule is COCCN(CCCN(C)C)C(=O)C1CCCCC1N. The van der Waals surface area contributed by atoms with Gasteiger partial charge in [0.2, 0.25) is 5.91 Å². The van der Waals surface area contributed by atoms with Gasteiger partial charge in [-0.15, -0.1) is 0 Å². The first-order valence-corrected chi connectivity index (χ1v) is 7.74. The molecule has 0 aromatic carbocycles. The summed E-state index contributed by atoms with van der Waals surface area (Å²) in [5.41, 5.74) is 6.14. The van der Waals surface area contributed by atoms with Crippen LogP contribution in [0.2, 0.25) is 0 Å². The molecular formula is C15H31N3O2.